The number of hydrogen-bond acceptors (Lipinski definition) is 2. The third-order valence-corrected chi connectivity index (χ3v) is 2.08. The number of carbonyl (C=O) groups excluding carboxylic acids is 1. The molecule has 0 saturated carbocycles. The summed E-state index contributed by atoms with van der Waals surface area (Å²) >= 11 is 0. The maximum absolute atomic E-state index is 10.7. The highest BCUT2D eigenvalue weighted by atomic mass is 16.5. The molecule has 0 saturated heterocycles. The molecule has 0 radical (unpaired) electrons. The van der Waals surface area contributed by atoms with Crippen molar-refractivity contribution in [3.05, 3.63) is 42.0 Å². The first kappa shape index (κ1) is 11.5. The van der Waals surface area contributed by atoms with E-state index in [9.17, 15) is 4.79 Å². The lowest BCUT2D eigenvalue weighted by atomic mass is 10.1. The van der Waals surface area contributed by atoms with Gasteiger partial charge >= 0.3 is 0 Å². The highest BCUT2D eigenvalue weighted by molar-refractivity contribution is 5.76. The van der Waals surface area contributed by atoms with Crippen LogP contribution in [0, 0.1) is 0 Å². The molecule has 1 rings (SSSR count). The second-order valence-electron chi connectivity index (χ2n) is 3.43. The minimum absolute atomic E-state index is 0.195. The number of ether oxygens (including phenoxy) is 1. The van der Waals surface area contributed by atoms with Crippen molar-refractivity contribution < 1.29 is 9.53 Å². The Kier molecular flexibility index (Phi) is 4.61. The highest BCUT2D eigenvalue weighted by Crippen LogP contribution is 2.11. The molecule has 0 unspecified atom stereocenters. The van der Waals surface area contributed by atoms with Crippen LogP contribution < -0.4 is 4.74 Å². The van der Waals surface area contributed by atoms with Crippen LogP contribution in [0.1, 0.15) is 18.9 Å². The number of allylic oxidation sites excluding steroid dienone is 2. The summed E-state index contributed by atoms with van der Waals surface area (Å²) in [6.45, 7) is 1.59. The molecule has 0 N–H and O–H groups in total. The average molecular weight is 204 g/mol. The third kappa shape index (κ3) is 4.45. The van der Waals surface area contributed by atoms with Crippen molar-refractivity contribution in [3.63, 3.8) is 0 Å². The lowest BCUT2D eigenvalue weighted by molar-refractivity contribution is -0.116. The number of carbonyl (C=O) groups is 1. The molecule has 0 aliphatic rings. The molecule has 2 heteroatoms. The van der Waals surface area contributed by atoms with Gasteiger partial charge in [0.15, 0.2) is 0 Å². The van der Waals surface area contributed by atoms with E-state index in [-0.39, 0.29) is 5.78 Å². The summed E-state index contributed by atoms with van der Waals surface area (Å²) < 4.78 is 5.06. The second-order valence-corrected chi connectivity index (χ2v) is 3.43. The fraction of sp³-hybridized carbons (Fsp3) is 0.308. The van der Waals surface area contributed by atoms with Crippen LogP contribution in [-0.2, 0) is 11.2 Å². The summed E-state index contributed by atoms with van der Waals surface area (Å²) in [5, 5.41) is 0. The third-order valence-electron chi connectivity index (χ3n) is 2.08. The standard InChI is InChI=1S/C13H16O2/c1-11(14)5-3-4-6-12-7-9-13(15-2)10-8-12/h3-4,7-10H,5-6H2,1-2H3. The first-order valence-electron chi connectivity index (χ1n) is 4.99. The van der Waals surface area contributed by atoms with E-state index >= 15 is 0 Å². The number of Topliss-reactive ketones (excluding diaryl/α,β-unsaturated/α-hetero) is 1. The first-order chi connectivity index (χ1) is 7.22. The predicted octanol–water partition coefficient (Wildman–Crippen LogP) is 2.77. The van der Waals surface area contributed by atoms with E-state index in [0.29, 0.717) is 6.42 Å². The molecular weight excluding hydrogens is 188 g/mol. The summed E-state index contributed by atoms with van der Waals surface area (Å²) in [5.74, 6) is 1.06. The van der Waals surface area contributed by atoms with Gasteiger partial charge in [0, 0.05) is 6.42 Å². The molecule has 0 spiro atoms. The molecule has 80 valence electrons. The van der Waals surface area contributed by atoms with Gasteiger partial charge < -0.3 is 4.74 Å². The Morgan fingerprint density at radius 2 is 1.93 bits per heavy atom. The van der Waals surface area contributed by atoms with Crippen molar-refractivity contribution in [1.82, 2.24) is 0 Å². The minimum Gasteiger partial charge on any atom is -0.497 e. The van der Waals surface area contributed by atoms with E-state index in [0.717, 1.165) is 12.2 Å². The lowest BCUT2D eigenvalue weighted by Crippen LogP contribution is -1.86. The van der Waals surface area contributed by atoms with Crippen molar-refractivity contribution in [1.29, 1.82) is 0 Å². The Labute approximate surface area is 90.6 Å². The number of benzene rings is 1. The van der Waals surface area contributed by atoms with Crippen LogP contribution >= 0.6 is 0 Å². The van der Waals surface area contributed by atoms with Crippen molar-refractivity contribution in [2.24, 2.45) is 0 Å². The average Bonchev–Trinajstić information content (AvgIpc) is 2.25. The smallest absolute Gasteiger partial charge is 0.133 e. The molecule has 0 bridgehead atoms. The molecule has 15 heavy (non-hydrogen) atoms. The van der Waals surface area contributed by atoms with Crippen molar-refractivity contribution >= 4 is 5.78 Å². The quantitative estimate of drug-likeness (QED) is 0.689. The summed E-state index contributed by atoms with van der Waals surface area (Å²) in [6, 6.07) is 7.93. The van der Waals surface area contributed by atoms with E-state index in [4.69, 9.17) is 4.74 Å². The minimum atomic E-state index is 0.195. The molecule has 0 amide bonds. The number of ketones is 1. The molecular formula is C13H16O2. The van der Waals surface area contributed by atoms with E-state index in [1.165, 1.54) is 5.56 Å². The van der Waals surface area contributed by atoms with Gasteiger partial charge in [-0.1, -0.05) is 24.3 Å². The van der Waals surface area contributed by atoms with Gasteiger partial charge in [-0.05, 0) is 31.0 Å². The Bertz CT molecular complexity index is 336. The fourth-order valence-electron chi connectivity index (χ4n) is 1.23. The Balaban J connectivity index is 2.44. The predicted molar refractivity (Wildman–Crippen MR) is 61.1 cm³/mol. The maximum Gasteiger partial charge on any atom is 0.133 e. The van der Waals surface area contributed by atoms with Gasteiger partial charge in [-0.2, -0.15) is 0 Å². The number of methoxy groups -OCH3 is 1. The monoisotopic (exact) mass is 204 g/mol. The number of hydrogen-bond donors (Lipinski definition) is 0. The van der Waals surface area contributed by atoms with Gasteiger partial charge in [-0.3, -0.25) is 4.79 Å². The van der Waals surface area contributed by atoms with Crippen molar-refractivity contribution in [2.75, 3.05) is 7.11 Å². The van der Waals surface area contributed by atoms with Crippen LogP contribution in [0.3, 0.4) is 0 Å². The van der Waals surface area contributed by atoms with Gasteiger partial charge in [0.05, 0.1) is 7.11 Å². The van der Waals surface area contributed by atoms with Gasteiger partial charge in [0.2, 0.25) is 0 Å². The first-order valence-corrected chi connectivity index (χ1v) is 4.99. The molecule has 2 nitrogen and oxygen atoms in total. The Morgan fingerprint density at radius 3 is 2.47 bits per heavy atom. The molecule has 1 aromatic carbocycles. The van der Waals surface area contributed by atoms with Crippen molar-refractivity contribution in [3.8, 4) is 5.75 Å². The summed E-state index contributed by atoms with van der Waals surface area (Å²) in [5.41, 5.74) is 1.22. The molecule has 0 aliphatic carbocycles. The van der Waals surface area contributed by atoms with E-state index < -0.39 is 0 Å². The van der Waals surface area contributed by atoms with Gasteiger partial charge in [-0.25, -0.2) is 0 Å². The highest BCUT2D eigenvalue weighted by Gasteiger charge is 1.92. The Morgan fingerprint density at radius 1 is 1.27 bits per heavy atom. The van der Waals surface area contributed by atoms with Crippen molar-refractivity contribution in [2.45, 2.75) is 19.8 Å². The molecule has 1 aromatic rings. The molecule has 0 atom stereocenters. The van der Waals surface area contributed by atoms with Crippen LogP contribution in [-0.4, -0.2) is 12.9 Å². The van der Waals surface area contributed by atoms with Gasteiger partial charge in [0.1, 0.15) is 11.5 Å². The zero-order valence-corrected chi connectivity index (χ0v) is 9.19. The molecule has 0 heterocycles. The molecule has 0 aliphatic heterocycles. The Hall–Kier alpha value is -1.57. The van der Waals surface area contributed by atoms with Gasteiger partial charge in [-0.15, -0.1) is 0 Å². The SMILES string of the molecule is COc1ccc(CC=CCC(C)=O)cc1. The van der Waals surface area contributed by atoms with E-state index in [1.54, 1.807) is 14.0 Å². The topological polar surface area (TPSA) is 26.3 Å². The maximum atomic E-state index is 10.7. The number of rotatable bonds is 5. The largest absolute Gasteiger partial charge is 0.497 e. The molecule has 0 fully saturated rings. The van der Waals surface area contributed by atoms with Gasteiger partial charge in [0.25, 0.3) is 0 Å². The van der Waals surface area contributed by atoms with Crippen LogP contribution in [0.4, 0.5) is 0 Å². The normalized spacial score (nSPS) is 10.5. The summed E-state index contributed by atoms with van der Waals surface area (Å²) in [6.07, 6.45) is 5.31. The molecule has 0 aromatic heterocycles. The second kappa shape index (κ2) is 6.02. The zero-order valence-electron chi connectivity index (χ0n) is 9.19. The summed E-state index contributed by atoms with van der Waals surface area (Å²) in [7, 11) is 1.65. The summed E-state index contributed by atoms with van der Waals surface area (Å²) in [4.78, 5) is 10.7. The van der Waals surface area contributed by atoms with Crippen LogP contribution in [0.25, 0.3) is 0 Å². The van der Waals surface area contributed by atoms with Crippen LogP contribution in [0.2, 0.25) is 0 Å². The van der Waals surface area contributed by atoms with Crippen LogP contribution in [0.15, 0.2) is 36.4 Å². The fourth-order valence-corrected chi connectivity index (χ4v) is 1.23. The zero-order chi connectivity index (χ0) is 11.1. The van der Waals surface area contributed by atoms with E-state index in [1.807, 2.05) is 36.4 Å². The van der Waals surface area contributed by atoms with E-state index in [2.05, 4.69) is 0 Å². The lowest BCUT2D eigenvalue weighted by Gasteiger charge is -2.00. The van der Waals surface area contributed by atoms with Crippen LogP contribution in [0.5, 0.6) is 5.75 Å².